The van der Waals surface area contributed by atoms with E-state index in [2.05, 4.69) is 0 Å². The maximum Gasteiger partial charge on any atom is 0.239 e. The molecule has 16 heteroatoms. The topological polar surface area (TPSA) is 269 Å². The summed E-state index contributed by atoms with van der Waals surface area (Å²) in [5.41, 5.74) is -1.01. The van der Waals surface area contributed by atoms with Gasteiger partial charge in [0.2, 0.25) is 17.5 Å². The molecule has 0 saturated carbocycles. The Hall–Kier alpha value is -3.55. The van der Waals surface area contributed by atoms with E-state index in [1.807, 2.05) is 0 Å². The summed E-state index contributed by atoms with van der Waals surface area (Å²) in [5.74, 6) is -2.07. The summed E-state index contributed by atoms with van der Waals surface area (Å²) in [7, 11) is 0. The molecule has 0 bridgehead atoms. The fourth-order valence-corrected chi connectivity index (χ4v) is 4.84. The van der Waals surface area contributed by atoms with Crippen molar-refractivity contribution in [2.24, 2.45) is 0 Å². The van der Waals surface area contributed by atoms with Gasteiger partial charge in [-0.1, -0.05) is 0 Å². The first-order valence-corrected chi connectivity index (χ1v) is 13.0. The number of aliphatic hydroxyl groups is 7. The van der Waals surface area contributed by atoms with Gasteiger partial charge in [-0.15, -0.1) is 0 Å². The van der Waals surface area contributed by atoms with Crippen molar-refractivity contribution in [1.29, 1.82) is 0 Å². The summed E-state index contributed by atoms with van der Waals surface area (Å²) in [4.78, 5) is 13.6. The Morgan fingerprint density at radius 1 is 0.721 bits per heavy atom. The Labute approximate surface area is 241 Å². The van der Waals surface area contributed by atoms with Crippen LogP contribution in [0.5, 0.6) is 23.0 Å². The second-order valence-electron chi connectivity index (χ2n) is 10.1. The number of rotatable bonds is 7. The highest BCUT2D eigenvalue weighted by Gasteiger charge is 2.48. The van der Waals surface area contributed by atoms with Crippen LogP contribution in [0.25, 0.3) is 22.3 Å². The minimum atomic E-state index is -1.95. The molecule has 234 valence electrons. The lowest BCUT2D eigenvalue weighted by molar-refractivity contribution is -0.323. The van der Waals surface area contributed by atoms with Gasteiger partial charge in [0.25, 0.3) is 0 Å². The van der Waals surface area contributed by atoms with E-state index in [-0.39, 0.29) is 22.7 Å². The second-order valence-corrected chi connectivity index (χ2v) is 10.1. The van der Waals surface area contributed by atoms with Crippen LogP contribution in [0, 0.1) is 0 Å². The number of phenolic OH excluding ortho intramolecular Hbond substituents is 3. The summed E-state index contributed by atoms with van der Waals surface area (Å²) in [6, 6.07) is 7.25. The highest BCUT2D eigenvalue weighted by atomic mass is 16.7. The molecule has 1 aromatic heterocycles. The zero-order valence-corrected chi connectivity index (χ0v) is 22.1. The number of fused-ring (bicyclic) bond motifs is 1. The smallest absolute Gasteiger partial charge is 0.239 e. The molecule has 2 aliphatic heterocycles. The zero-order chi connectivity index (χ0) is 31.2. The lowest BCUT2D eigenvalue weighted by Gasteiger charge is -2.42. The Balaban J connectivity index is 1.45. The molecule has 0 radical (unpaired) electrons. The van der Waals surface area contributed by atoms with Gasteiger partial charge in [0.1, 0.15) is 77.0 Å². The standard InChI is InChI=1S/C27H30O16/c28-7-14-17(32)20(35)22(37)26(41-14)39-8-15-18(33)21(36)23(38)27(42-15)43-25-19(34)16-12(31)5-11(30)6-13(16)40-24(25)9-1-3-10(29)4-2-9/h1-6,14-15,17-18,20-23,26-33,35-38H,7-8H2/t14-,15+,17+,18+,20+,21+,22-,23+,26+,27-/m0/s1. The molecule has 3 heterocycles. The first-order valence-electron chi connectivity index (χ1n) is 13.0. The summed E-state index contributed by atoms with van der Waals surface area (Å²) >= 11 is 0. The van der Waals surface area contributed by atoms with Crippen LogP contribution in [0.4, 0.5) is 0 Å². The molecule has 43 heavy (non-hydrogen) atoms. The minimum Gasteiger partial charge on any atom is -0.508 e. The predicted molar refractivity (Wildman–Crippen MR) is 140 cm³/mol. The van der Waals surface area contributed by atoms with E-state index in [0.717, 1.165) is 12.1 Å². The van der Waals surface area contributed by atoms with E-state index < -0.39 is 103 Å². The number of phenols is 3. The van der Waals surface area contributed by atoms with Crippen molar-refractivity contribution in [3.63, 3.8) is 0 Å². The molecule has 2 fully saturated rings. The zero-order valence-electron chi connectivity index (χ0n) is 22.1. The van der Waals surface area contributed by atoms with E-state index in [1.165, 1.54) is 24.3 Å². The monoisotopic (exact) mass is 610 g/mol. The number of hydrogen-bond donors (Lipinski definition) is 10. The molecule has 0 amide bonds. The van der Waals surface area contributed by atoms with Crippen LogP contribution < -0.4 is 10.2 Å². The number of aromatic hydroxyl groups is 3. The molecular formula is C27H30O16. The van der Waals surface area contributed by atoms with E-state index in [1.54, 1.807) is 0 Å². The second kappa shape index (κ2) is 12.2. The van der Waals surface area contributed by atoms with Gasteiger partial charge in [-0.05, 0) is 24.3 Å². The van der Waals surface area contributed by atoms with Gasteiger partial charge in [0, 0.05) is 17.7 Å². The number of ether oxygens (including phenoxy) is 4. The largest absolute Gasteiger partial charge is 0.508 e. The molecule has 5 rings (SSSR count). The first kappa shape index (κ1) is 30.9. The van der Waals surface area contributed by atoms with Crippen LogP contribution in [0.3, 0.4) is 0 Å². The Morgan fingerprint density at radius 2 is 1.33 bits per heavy atom. The van der Waals surface area contributed by atoms with Gasteiger partial charge in [-0.2, -0.15) is 0 Å². The summed E-state index contributed by atoms with van der Waals surface area (Å²) in [6.45, 7) is -1.37. The van der Waals surface area contributed by atoms with Crippen molar-refractivity contribution in [3.8, 4) is 34.3 Å². The first-order chi connectivity index (χ1) is 20.4. The van der Waals surface area contributed by atoms with Crippen LogP contribution in [0.2, 0.25) is 0 Å². The van der Waals surface area contributed by atoms with Crippen molar-refractivity contribution in [2.45, 2.75) is 61.4 Å². The van der Waals surface area contributed by atoms with Gasteiger partial charge < -0.3 is 74.4 Å². The normalized spacial score (nSPS) is 33.0. The maximum atomic E-state index is 13.6. The highest BCUT2D eigenvalue weighted by Crippen LogP contribution is 2.37. The molecule has 2 aromatic carbocycles. The Morgan fingerprint density at radius 3 is 1.98 bits per heavy atom. The maximum absolute atomic E-state index is 13.6. The lowest BCUT2D eigenvalue weighted by Crippen LogP contribution is -2.62. The molecule has 2 saturated heterocycles. The lowest BCUT2D eigenvalue weighted by atomic mass is 9.98. The quantitative estimate of drug-likeness (QED) is 0.133. The van der Waals surface area contributed by atoms with Crippen molar-refractivity contribution in [1.82, 2.24) is 0 Å². The predicted octanol–water partition coefficient (Wildman–Crippen LogP) is -2.42. The van der Waals surface area contributed by atoms with Crippen LogP contribution in [-0.2, 0) is 14.2 Å². The molecule has 0 unspecified atom stereocenters. The van der Waals surface area contributed by atoms with E-state index >= 15 is 0 Å². The highest BCUT2D eigenvalue weighted by molar-refractivity contribution is 5.88. The van der Waals surface area contributed by atoms with Crippen LogP contribution in [0.1, 0.15) is 0 Å². The van der Waals surface area contributed by atoms with Crippen LogP contribution >= 0.6 is 0 Å². The third-order valence-corrected chi connectivity index (χ3v) is 7.22. The van der Waals surface area contributed by atoms with Crippen molar-refractivity contribution < 1.29 is 74.4 Å². The number of hydrogen-bond acceptors (Lipinski definition) is 16. The molecule has 10 N–H and O–H groups in total. The average molecular weight is 611 g/mol. The fraction of sp³-hybridized carbons (Fsp3) is 0.444. The third kappa shape index (κ3) is 5.85. The Bertz CT molecular complexity index is 1490. The number of aliphatic hydroxyl groups excluding tert-OH is 7. The number of benzene rings is 2. The summed E-state index contributed by atoms with van der Waals surface area (Å²) < 4.78 is 27.8. The SMILES string of the molecule is O=c1c(O[C@@H]2O[C@H](CO[C@@H]3O[C@@H](CO)[C@@H](O)[C@@H](O)[C@@H]3O)[C@@H](O)[C@@H](O)[C@H]2O)c(-c2ccc(O)cc2)oc2cc(O)cc(O)c12. The average Bonchev–Trinajstić information content (AvgIpc) is 2.97. The summed E-state index contributed by atoms with van der Waals surface area (Å²) in [6.07, 6.45) is -17.1. The molecule has 2 aliphatic rings. The fourth-order valence-electron chi connectivity index (χ4n) is 4.84. The van der Waals surface area contributed by atoms with Crippen LogP contribution in [-0.4, -0.2) is 126 Å². The van der Waals surface area contributed by atoms with Gasteiger partial charge in [0.05, 0.1) is 13.2 Å². The van der Waals surface area contributed by atoms with E-state index in [9.17, 15) is 55.9 Å². The Kier molecular flexibility index (Phi) is 8.77. The van der Waals surface area contributed by atoms with Gasteiger partial charge in [-0.3, -0.25) is 4.79 Å². The summed E-state index contributed by atoms with van der Waals surface area (Å²) in [5, 5.41) is 101. The van der Waals surface area contributed by atoms with Crippen LogP contribution in [0.15, 0.2) is 45.6 Å². The van der Waals surface area contributed by atoms with Gasteiger partial charge >= 0.3 is 0 Å². The van der Waals surface area contributed by atoms with Crippen molar-refractivity contribution in [2.75, 3.05) is 13.2 Å². The third-order valence-electron chi connectivity index (χ3n) is 7.22. The molecule has 3 aromatic rings. The van der Waals surface area contributed by atoms with E-state index in [4.69, 9.17) is 23.4 Å². The minimum absolute atomic E-state index is 0.116. The molecule has 10 atom stereocenters. The molecule has 0 aliphatic carbocycles. The van der Waals surface area contributed by atoms with Crippen molar-refractivity contribution in [3.05, 3.63) is 46.6 Å². The van der Waals surface area contributed by atoms with Gasteiger partial charge in [-0.25, -0.2) is 0 Å². The molecule has 16 nitrogen and oxygen atoms in total. The van der Waals surface area contributed by atoms with E-state index in [0.29, 0.717) is 0 Å². The molecular weight excluding hydrogens is 580 g/mol. The van der Waals surface area contributed by atoms with Crippen molar-refractivity contribution >= 4 is 11.0 Å². The van der Waals surface area contributed by atoms with Gasteiger partial charge in [0.15, 0.2) is 12.1 Å². The molecule has 0 spiro atoms.